The number of benzene rings is 2. The van der Waals surface area contributed by atoms with Gasteiger partial charge >= 0.3 is 0 Å². The summed E-state index contributed by atoms with van der Waals surface area (Å²) in [6, 6.07) is 13.2. The van der Waals surface area contributed by atoms with Gasteiger partial charge in [0.1, 0.15) is 11.5 Å². The highest BCUT2D eigenvalue weighted by atomic mass is 79.9. The Hall–Kier alpha value is -1.65. The standard InChI is InChI=1S/C17H17BrO3/c1-12(19)16-11-14(18)5-8-17(16)21-15-6-3-13(4-7-15)9-10-20-2/h3-8,11H,9-10H2,1-2H3. The van der Waals surface area contributed by atoms with E-state index in [9.17, 15) is 4.79 Å². The Balaban J connectivity index is 2.16. The summed E-state index contributed by atoms with van der Waals surface area (Å²) in [4.78, 5) is 11.7. The highest BCUT2D eigenvalue weighted by Gasteiger charge is 2.10. The number of methoxy groups -OCH3 is 1. The lowest BCUT2D eigenvalue weighted by Gasteiger charge is -2.10. The fourth-order valence-corrected chi connectivity index (χ4v) is 2.30. The molecule has 0 fully saturated rings. The van der Waals surface area contributed by atoms with Gasteiger partial charge in [-0.2, -0.15) is 0 Å². The van der Waals surface area contributed by atoms with E-state index < -0.39 is 0 Å². The summed E-state index contributed by atoms with van der Waals surface area (Å²) in [6.07, 6.45) is 0.869. The van der Waals surface area contributed by atoms with Crippen molar-refractivity contribution in [2.45, 2.75) is 13.3 Å². The van der Waals surface area contributed by atoms with Crippen LogP contribution in [0.2, 0.25) is 0 Å². The molecular formula is C17H17BrO3. The van der Waals surface area contributed by atoms with Crippen molar-refractivity contribution in [1.82, 2.24) is 0 Å². The van der Waals surface area contributed by atoms with Crippen molar-refractivity contribution in [1.29, 1.82) is 0 Å². The third-order valence-corrected chi connectivity index (χ3v) is 3.56. The molecule has 0 heterocycles. The van der Waals surface area contributed by atoms with Crippen molar-refractivity contribution in [3.8, 4) is 11.5 Å². The minimum Gasteiger partial charge on any atom is -0.457 e. The second kappa shape index (κ2) is 7.38. The summed E-state index contributed by atoms with van der Waals surface area (Å²) in [5.74, 6) is 1.25. The third kappa shape index (κ3) is 4.41. The van der Waals surface area contributed by atoms with Gasteiger partial charge in [-0.05, 0) is 49.2 Å². The molecule has 0 aliphatic heterocycles. The molecule has 4 heteroatoms. The molecule has 0 N–H and O–H groups in total. The molecule has 0 aromatic heterocycles. The average molecular weight is 349 g/mol. The predicted octanol–water partition coefficient (Wildman–Crippen LogP) is 4.63. The van der Waals surface area contributed by atoms with E-state index >= 15 is 0 Å². The van der Waals surface area contributed by atoms with Crippen molar-refractivity contribution < 1.29 is 14.3 Å². The zero-order valence-electron chi connectivity index (χ0n) is 12.1. The fourth-order valence-electron chi connectivity index (χ4n) is 1.94. The zero-order chi connectivity index (χ0) is 15.2. The molecule has 0 aliphatic rings. The highest BCUT2D eigenvalue weighted by Crippen LogP contribution is 2.28. The lowest BCUT2D eigenvalue weighted by Crippen LogP contribution is -1.98. The number of rotatable bonds is 6. The molecule has 0 aliphatic carbocycles. The lowest BCUT2D eigenvalue weighted by molar-refractivity contribution is 0.101. The Morgan fingerprint density at radius 2 is 1.86 bits per heavy atom. The van der Waals surface area contributed by atoms with Crippen LogP contribution < -0.4 is 4.74 Å². The average Bonchev–Trinajstić information content (AvgIpc) is 2.48. The first-order valence-corrected chi connectivity index (χ1v) is 7.45. The van der Waals surface area contributed by atoms with Crippen LogP contribution in [0.1, 0.15) is 22.8 Å². The number of carbonyl (C=O) groups excluding carboxylic acids is 1. The molecule has 0 atom stereocenters. The third-order valence-electron chi connectivity index (χ3n) is 3.07. The summed E-state index contributed by atoms with van der Waals surface area (Å²) in [7, 11) is 1.69. The molecule has 0 spiro atoms. The maximum Gasteiger partial charge on any atom is 0.163 e. The van der Waals surface area contributed by atoms with E-state index in [4.69, 9.17) is 9.47 Å². The van der Waals surface area contributed by atoms with Crippen LogP contribution in [0.5, 0.6) is 11.5 Å². The van der Waals surface area contributed by atoms with E-state index in [1.807, 2.05) is 30.3 Å². The molecule has 0 unspecified atom stereocenters. The number of hydrogen-bond acceptors (Lipinski definition) is 3. The molecule has 2 aromatic rings. The molecule has 0 amide bonds. The molecule has 0 saturated carbocycles. The van der Waals surface area contributed by atoms with Crippen molar-refractivity contribution in [2.24, 2.45) is 0 Å². The first-order valence-electron chi connectivity index (χ1n) is 6.66. The van der Waals surface area contributed by atoms with E-state index in [1.165, 1.54) is 12.5 Å². The number of halogens is 1. The normalized spacial score (nSPS) is 10.4. The van der Waals surface area contributed by atoms with E-state index in [2.05, 4.69) is 15.9 Å². The Morgan fingerprint density at radius 3 is 2.48 bits per heavy atom. The quantitative estimate of drug-likeness (QED) is 0.713. The Labute approximate surface area is 133 Å². The maximum atomic E-state index is 11.7. The first-order chi connectivity index (χ1) is 10.1. The summed E-state index contributed by atoms with van der Waals surface area (Å²) in [6.45, 7) is 2.23. The monoisotopic (exact) mass is 348 g/mol. The van der Waals surface area contributed by atoms with Crippen molar-refractivity contribution in [3.05, 3.63) is 58.1 Å². The number of ketones is 1. The van der Waals surface area contributed by atoms with Crippen molar-refractivity contribution in [3.63, 3.8) is 0 Å². The fraction of sp³-hybridized carbons (Fsp3) is 0.235. The maximum absolute atomic E-state index is 11.7. The highest BCUT2D eigenvalue weighted by molar-refractivity contribution is 9.10. The Kier molecular flexibility index (Phi) is 5.53. The van der Waals surface area contributed by atoms with Crippen LogP contribution in [0.4, 0.5) is 0 Å². The van der Waals surface area contributed by atoms with Crippen LogP contribution >= 0.6 is 15.9 Å². The largest absolute Gasteiger partial charge is 0.457 e. The van der Waals surface area contributed by atoms with E-state index in [0.717, 1.165) is 10.9 Å². The van der Waals surface area contributed by atoms with Crippen LogP contribution in [0, 0.1) is 0 Å². The van der Waals surface area contributed by atoms with Gasteiger partial charge in [0, 0.05) is 11.6 Å². The van der Waals surface area contributed by atoms with Crippen molar-refractivity contribution in [2.75, 3.05) is 13.7 Å². The molecule has 0 bridgehead atoms. The van der Waals surface area contributed by atoms with E-state index in [-0.39, 0.29) is 5.78 Å². The molecular weight excluding hydrogens is 332 g/mol. The minimum absolute atomic E-state index is 0.0250. The van der Waals surface area contributed by atoms with Crippen LogP contribution in [0.25, 0.3) is 0 Å². The van der Waals surface area contributed by atoms with Gasteiger partial charge in [-0.25, -0.2) is 0 Å². The molecule has 110 valence electrons. The molecule has 3 nitrogen and oxygen atoms in total. The molecule has 2 rings (SSSR count). The topological polar surface area (TPSA) is 35.5 Å². The lowest BCUT2D eigenvalue weighted by atomic mass is 10.1. The van der Waals surface area contributed by atoms with Gasteiger partial charge in [-0.15, -0.1) is 0 Å². The van der Waals surface area contributed by atoms with Crippen LogP contribution in [0.15, 0.2) is 46.9 Å². The predicted molar refractivity (Wildman–Crippen MR) is 86.2 cm³/mol. The SMILES string of the molecule is COCCc1ccc(Oc2ccc(Br)cc2C(C)=O)cc1. The zero-order valence-corrected chi connectivity index (χ0v) is 13.6. The van der Waals surface area contributed by atoms with Gasteiger partial charge in [-0.1, -0.05) is 28.1 Å². The van der Waals surface area contributed by atoms with Crippen LogP contribution in [-0.2, 0) is 11.2 Å². The molecule has 0 radical (unpaired) electrons. The number of ether oxygens (including phenoxy) is 2. The van der Waals surface area contributed by atoms with Gasteiger partial charge in [0.25, 0.3) is 0 Å². The van der Waals surface area contributed by atoms with Crippen LogP contribution in [0.3, 0.4) is 0 Å². The second-order valence-electron chi connectivity index (χ2n) is 4.69. The summed E-state index contributed by atoms with van der Waals surface area (Å²) < 4.78 is 11.7. The second-order valence-corrected chi connectivity index (χ2v) is 5.60. The molecule has 2 aromatic carbocycles. The molecule has 0 saturated heterocycles. The Morgan fingerprint density at radius 1 is 1.14 bits per heavy atom. The summed E-state index contributed by atoms with van der Waals surface area (Å²) >= 11 is 3.36. The summed E-state index contributed by atoms with van der Waals surface area (Å²) in [5, 5.41) is 0. The first kappa shape index (κ1) is 15.7. The molecule has 21 heavy (non-hydrogen) atoms. The van der Waals surface area contributed by atoms with Gasteiger partial charge in [0.05, 0.1) is 12.2 Å². The number of hydrogen-bond donors (Lipinski definition) is 0. The van der Waals surface area contributed by atoms with E-state index in [1.54, 1.807) is 19.2 Å². The van der Waals surface area contributed by atoms with Gasteiger partial charge in [-0.3, -0.25) is 4.79 Å². The van der Waals surface area contributed by atoms with Gasteiger partial charge in [0.15, 0.2) is 5.78 Å². The van der Waals surface area contributed by atoms with Gasteiger partial charge < -0.3 is 9.47 Å². The van der Waals surface area contributed by atoms with Gasteiger partial charge in [0.2, 0.25) is 0 Å². The van der Waals surface area contributed by atoms with Crippen molar-refractivity contribution >= 4 is 21.7 Å². The minimum atomic E-state index is -0.0250. The number of carbonyl (C=O) groups is 1. The van der Waals surface area contributed by atoms with Crippen LogP contribution in [-0.4, -0.2) is 19.5 Å². The van der Waals surface area contributed by atoms with E-state index in [0.29, 0.717) is 23.7 Å². The summed E-state index contributed by atoms with van der Waals surface area (Å²) in [5.41, 5.74) is 1.75. The number of Topliss-reactive ketones (excluding diaryl/α,β-unsaturated/α-hetero) is 1. The Bertz CT molecular complexity index is 620. The smallest absolute Gasteiger partial charge is 0.163 e.